The van der Waals surface area contributed by atoms with Crippen molar-refractivity contribution in [2.75, 3.05) is 13.1 Å². The summed E-state index contributed by atoms with van der Waals surface area (Å²) in [5.74, 6) is -0.788. The number of furan rings is 1. The fourth-order valence-electron chi connectivity index (χ4n) is 1.96. The molecule has 18 heavy (non-hydrogen) atoms. The summed E-state index contributed by atoms with van der Waals surface area (Å²) in [7, 11) is 0. The van der Waals surface area contributed by atoms with Crippen molar-refractivity contribution < 1.29 is 23.8 Å². The van der Waals surface area contributed by atoms with E-state index in [1.165, 1.54) is 11.2 Å². The Bertz CT molecular complexity index is 414. The molecule has 0 aliphatic carbocycles. The lowest BCUT2D eigenvalue weighted by Gasteiger charge is -2.29. The molecule has 98 valence electrons. The molecule has 0 bridgehead atoms. The number of nitrogens with zero attached hydrogens (tertiary/aromatic N) is 1. The maximum atomic E-state index is 11.7. The molecule has 1 aromatic rings. The van der Waals surface area contributed by atoms with E-state index in [0.717, 1.165) is 0 Å². The quantitative estimate of drug-likeness (QED) is 0.887. The van der Waals surface area contributed by atoms with Crippen LogP contribution in [0.15, 0.2) is 22.8 Å². The normalized spacial score (nSPS) is 19.6. The van der Waals surface area contributed by atoms with Gasteiger partial charge in [-0.2, -0.15) is 0 Å². The van der Waals surface area contributed by atoms with Crippen molar-refractivity contribution in [1.82, 2.24) is 4.90 Å². The third-order valence-electron chi connectivity index (χ3n) is 2.95. The lowest BCUT2D eigenvalue weighted by molar-refractivity contribution is -0.143. The molecule has 0 spiro atoms. The first-order chi connectivity index (χ1) is 8.66. The van der Waals surface area contributed by atoms with Gasteiger partial charge in [-0.3, -0.25) is 4.79 Å². The van der Waals surface area contributed by atoms with Crippen molar-refractivity contribution in [3.8, 4) is 0 Å². The SMILES string of the molecule is O=C(O)C1CCCN(C(=O)OCc2ccco2)C1. The van der Waals surface area contributed by atoms with Crippen LogP contribution in [0.3, 0.4) is 0 Å². The van der Waals surface area contributed by atoms with Crippen molar-refractivity contribution >= 4 is 12.1 Å². The van der Waals surface area contributed by atoms with E-state index in [1.807, 2.05) is 0 Å². The topological polar surface area (TPSA) is 80.0 Å². The molecule has 1 aromatic heterocycles. The predicted molar refractivity (Wildman–Crippen MR) is 60.8 cm³/mol. The van der Waals surface area contributed by atoms with E-state index in [2.05, 4.69) is 0 Å². The van der Waals surface area contributed by atoms with Gasteiger partial charge in [-0.05, 0) is 25.0 Å². The van der Waals surface area contributed by atoms with E-state index in [9.17, 15) is 9.59 Å². The summed E-state index contributed by atoms with van der Waals surface area (Å²) in [6, 6.07) is 3.42. The highest BCUT2D eigenvalue weighted by molar-refractivity contribution is 5.73. The Kier molecular flexibility index (Phi) is 3.86. The summed E-state index contributed by atoms with van der Waals surface area (Å²) in [6.07, 6.45) is 2.31. The number of amides is 1. The molecular formula is C12H15NO5. The maximum absolute atomic E-state index is 11.7. The number of carboxylic acid groups (broad SMARTS) is 1. The average Bonchev–Trinajstić information content (AvgIpc) is 2.89. The van der Waals surface area contributed by atoms with Gasteiger partial charge in [-0.1, -0.05) is 0 Å². The smallest absolute Gasteiger partial charge is 0.410 e. The van der Waals surface area contributed by atoms with Gasteiger partial charge in [0, 0.05) is 13.1 Å². The van der Waals surface area contributed by atoms with Gasteiger partial charge >= 0.3 is 12.1 Å². The third kappa shape index (κ3) is 3.03. The summed E-state index contributed by atoms with van der Waals surface area (Å²) in [4.78, 5) is 24.0. The highest BCUT2D eigenvalue weighted by Crippen LogP contribution is 2.17. The van der Waals surface area contributed by atoms with Crippen LogP contribution in [0.5, 0.6) is 0 Å². The zero-order valence-electron chi connectivity index (χ0n) is 9.87. The van der Waals surface area contributed by atoms with E-state index >= 15 is 0 Å². The molecule has 1 atom stereocenters. The number of carbonyl (C=O) groups is 2. The second-order valence-corrected chi connectivity index (χ2v) is 4.26. The van der Waals surface area contributed by atoms with Crippen molar-refractivity contribution in [3.05, 3.63) is 24.2 Å². The van der Waals surface area contributed by atoms with E-state index in [0.29, 0.717) is 25.1 Å². The second-order valence-electron chi connectivity index (χ2n) is 4.26. The molecular weight excluding hydrogens is 238 g/mol. The Hall–Kier alpha value is -1.98. The van der Waals surface area contributed by atoms with E-state index in [1.54, 1.807) is 12.1 Å². The van der Waals surface area contributed by atoms with Gasteiger partial charge in [0.25, 0.3) is 0 Å². The van der Waals surface area contributed by atoms with Gasteiger partial charge in [0.15, 0.2) is 6.61 Å². The molecule has 0 aromatic carbocycles. The fourth-order valence-corrected chi connectivity index (χ4v) is 1.96. The molecule has 1 aliphatic heterocycles. The summed E-state index contributed by atoms with van der Waals surface area (Å²) >= 11 is 0. The molecule has 6 nitrogen and oxygen atoms in total. The maximum Gasteiger partial charge on any atom is 0.410 e. The highest BCUT2D eigenvalue weighted by atomic mass is 16.6. The lowest BCUT2D eigenvalue weighted by atomic mass is 9.99. The summed E-state index contributed by atoms with van der Waals surface area (Å²) in [5.41, 5.74) is 0. The van der Waals surface area contributed by atoms with Crippen LogP contribution in [-0.2, 0) is 16.1 Å². The van der Waals surface area contributed by atoms with Crippen LogP contribution < -0.4 is 0 Å². The standard InChI is InChI=1S/C12H15NO5/c14-11(15)9-3-1-5-13(7-9)12(16)18-8-10-4-2-6-17-10/h2,4,6,9H,1,3,5,7-8H2,(H,14,15). The van der Waals surface area contributed by atoms with Crippen LogP contribution in [0.1, 0.15) is 18.6 Å². The number of rotatable bonds is 3. The first-order valence-electron chi connectivity index (χ1n) is 5.83. The number of carboxylic acids is 1. The van der Waals surface area contributed by atoms with E-state index in [-0.39, 0.29) is 13.2 Å². The Labute approximate surface area is 104 Å². The largest absolute Gasteiger partial charge is 0.481 e. The van der Waals surface area contributed by atoms with Crippen LogP contribution >= 0.6 is 0 Å². The highest BCUT2D eigenvalue weighted by Gasteiger charge is 2.28. The Morgan fingerprint density at radius 3 is 3.06 bits per heavy atom. The predicted octanol–water partition coefficient (Wildman–Crippen LogP) is 1.71. The monoisotopic (exact) mass is 253 g/mol. The molecule has 1 saturated heterocycles. The van der Waals surface area contributed by atoms with E-state index in [4.69, 9.17) is 14.3 Å². The molecule has 2 heterocycles. The first-order valence-corrected chi connectivity index (χ1v) is 5.83. The minimum Gasteiger partial charge on any atom is -0.481 e. The van der Waals surface area contributed by atoms with Crippen molar-refractivity contribution in [1.29, 1.82) is 0 Å². The van der Waals surface area contributed by atoms with Crippen LogP contribution in [0, 0.1) is 5.92 Å². The third-order valence-corrected chi connectivity index (χ3v) is 2.95. The Morgan fingerprint density at radius 2 is 2.39 bits per heavy atom. The Balaban J connectivity index is 1.83. The van der Waals surface area contributed by atoms with Gasteiger partial charge in [0.05, 0.1) is 12.2 Å². The molecule has 1 N–H and O–H groups in total. The number of likely N-dealkylation sites (tertiary alicyclic amines) is 1. The van der Waals surface area contributed by atoms with Gasteiger partial charge in [-0.15, -0.1) is 0 Å². The zero-order chi connectivity index (χ0) is 13.0. The van der Waals surface area contributed by atoms with Gasteiger partial charge in [0.1, 0.15) is 5.76 Å². The fraction of sp³-hybridized carbons (Fsp3) is 0.500. The molecule has 1 amide bonds. The van der Waals surface area contributed by atoms with Crippen LogP contribution in [0.2, 0.25) is 0 Å². The van der Waals surface area contributed by atoms with Crippen LogP contribution in [-0.4, -0.2) is 35.2 Å². The van der Waals surface area contributed by atoms with Crippen LogP contribution in [0.25, 0.3) is 0 Å². The Morgan fingerprint density at radius 1 is 1.56 bits per heavy atom. The molecule has 6 heteroatoms. The molecule has 0 radical (unpaired) electrons. The van der Waals surface area contributed by atoms with Crippen molar-refractivity contribution in [2.45, 2.75) is 19.4 Å². The van der Waals surface area contributed by atoms with Gasteiger partial charge in [-0.25, -0.2) is 4.79 Å². The minimum absolute atomic E-state index is 0.0695. The molecule has 2 rings (SSSR count). The number of aliphatic carboxylic acids is 1. The zero-order valence-corrected chi connectivity index (χ0v) is 9.87. The molecule has 1 fully saturated rings. The summed E-state index contributed by atoms with van der Waals surface area (Å²) in [6.45, 7) is 0.827. The second kappa shape index (κ2) is 5.57. The summed E-state index contributed by atoms with van der Waals surface area (Å²) in [5, 5.41) is 8.92. The lowest BCUT2D eigenvalue weighted by Crippen LogP contribution is -2.42. The van der Waals surface area contributed by atoms with E-state index < -0.39 is 18.0 Å². The van der Waals surface area contributed by atoms with Crippen molar-refractivity contribution in [3.63, 3.8) is 0 Å². The molecule has 1 unspecified atom stereocenters. The van der Waals surface area contributed by atoms with Gasteiger partial charge in [0.2, 0.25) is 0 Å². The van der Waals surface area contributed by atoms with Crippen LogP contribution in [0.4, 0.5) is 4.79 Å². The number of piperidine rings is 1. The number of hydrogen-bond acceptors (Lipinski definition) is 4. The average molecular weight is 253 g/mol. The van der Waals surface area contributed by atoms with Crippen molar-refractivity contribution in [2.24, 2.45) is 5.92 Å². The minimum atomic E-state index is -0.862. The first kappa shape index (κ1) is 12.5. The number of hydrogen-bond donors (Lipinski definition) is 1. The number of carbonyl (C=O) groups excluding carboxylic acids is 1. The molecule has 1 aliphatic rings. The number of ether oxygens (including phenoxy) is 1. The van der Waals surface area contributed by atoms with Gasteiger partial charge < -0.3 is 19.2 Å². The summed E-state index contributed by atoms with van der Waals surface area (Å²) < 4.78 is 10.1. The molecule has 0 saturated carbocycles.